The molecule has 4 nitrogen and oxygen atoms in total. The van der Waals surface area contributed by atoms with Crippen molar-refractivity contribution in [2.75, 3.05) is 12.4 Å². The molecule has 20 heavy (non-hydrogen) atoms. The molecule has 0 aliphatic rings. The zero-order chi connectivity index (χ0) is 14.9. The summed E-state index contributed by atoms with van der Waals surface area (Å²) in [6.07, 6.45) is 1.54. The van der Waals surface area contributed by atoms with Crippen LogP contribution in [0.25, 0.3) is 11.5 Å². The molecule has 2 aromatic heterocycles. The Bertz CT molecular complexity index is 647. The molecule has 106 valence electrons. The van der Waals surface area contributed by atoms with E-state index in [1.165, 1.54) is 6.20 Å². The first kappa shape index (κ1) is 15.7. The van der Waals surface area contributed by atoms with Gasteiger partial charge in [0.05, 0.1) is 19.3 Å². The Morgan fingerprint density at radius 2 is 1.95 bits per heavy atom. The van der Waals surface area contributed by atoms with Gasteiger partial charge in [-0.05, 0) is 34.6 Å². The quantitative estimate of drug-likeness (QED) is 0.733. The van der Waals surface area contributed by atoms with E-state index in [0.717, 1.165) is 15.1 Å². The zero-order valence-corrected chi connectivity index (χ0v) is 14.9. The van der Waals surface area contributed by atoms with Crippen molar-refractivity contribution in [3.05, 3.63) is 31.6 Å². The van der Waals surface area contributed by atoms with Crippen molar-refractivity contribution in [3.8, 4) is 11.5 Å². The summed E-state index contributed by atoms with van der Waals surface area (Å²) in [6.45, 7) is 4.18. The van der Waals surface area contributed by atoms with Crippen molar-refractivity contribution in [2.24, 2.45) is 0 Å². The maximum atomic E-state index is 6.18. The molecule has 0 aliphatic heterocycles. The van der Waals surface area contributed by atoms with Gasteiger partial charge in [-0.3, -0.25) is 0 Å². The molecule has 2 aromatic rings. The molecule has 0 saturated carbocycles. The highest BCUT2D eigenvalue weighted by Gasteiger charge is 2.17. The number of rotatable bonds is 3. The Balaban J connectivity index is 2.65. The fraction of sp³-hybridized carbons (Fsp3) is 0.308. The largest absolute Gasteiger partial charge is 0.372 e. The summed E-state index contributed by atoms with van der Waals surface area (Å²) < 4.78 is 1.01. The Hall–Kier alpha value is -0.660. The van der Waals surface area contributed by atoms with Gasteiger partial charge in [-0.1, -0.05) is 37.0 Å². The third-order valence-corrected chi connectivity index (χ3v) is 4.24. The van der Waals surface area contributed by atoms with Gasteiger partial charge in [0.25, 0.3) is 0 Å². The van der Waals surface area contributed by atoms with E-state index in [0.29, 0.717) is 21.6 Å². The average molecular weight is 423 g/mol. The van der Waals surface area contributed by atoms with Gasteiger partial charge in [0, 0.05) is 13.2 Å². The number of anilines is 1. The fourth-order valence-corrected chi connectivity index (χ4v) is 3.30. The standard InChI is InChI=1S/C13H13Cl2IN4/c1-6(2)10-9(16)12(17-3)20-13(19-10)11-8(15)4-7(14)5-18-11/h4-6H,1-3H3,(H,17,19,20). The lowest BCUT2D eigenvalue weighted by Crippen LogP contribution is -2.07. The van der Waals surface area contributed by atoms with Gasteiger partial charge in [0.2, 0.25) is 0 Å². The van der Waals surface area contributed by atoms with E-state index in [1.54, 1.807) is 6.07 Å². The minimum absolute atomic E-state index is 0.279. The molecule has 0 aromatic carbocycles. The maximum absolute atomic E-state index is 6.18. The number of nitrogens with zero attached hydrogens (tertiary/aromatic N) is 3. The first-order chi connectivity index (χ1) is 9.43. The van der Waals surface area contributed by atoms with Crippen molar-refractivity contribution in [1.29, 1.82) is 0 Å². The van der Waals surface area contributed by atoms with E-state index in [-0.39, 0.29) is 5.92 Å². The summed E-state index contributed by atoms with van der Waals surface area (Å²) in [5.74, 6) is 1.55. The molecule has 0 aliphatic carbocycles. The predicted molar refractivity (Wildman–Crippen MR) is 91.6 cm³/mol. The molecule has 7 heteroatoms. The first-order valence-corrected chi connectivity index (χ1v) is 7.84. The molecule has 0 unspecified atom stereocenters. The summed E-state index contributed by atoms with van der Waals surface area (Å²) in [6, 6.07) is 1.64. The van der Waals surface area contributed by atoms with Crippen LogP contribution in [0.15, 0.2) is 12.3 Å². The number of hydrogen-bond acceptors (Lipinski definition) is 4. The molecule has 1 N–H and O–H groups in total. The summed E-state index contributed by atoms with van der Waals surface area (Å²) in [7, 11) is 1.83. The molecule has 2 rings (SSSR count). The normalized spacial score (nSPS) is 10.9. The van der Waals surface area contributed by atoms with Gasteiger partial charge >= 0.3 is 0 Å². The van der Waals surface area contributed by atoms with Crippen molar-refractivity contribution in [2.45, 2.75) is 19.8 Å². The first-order valence-electron chi connectivity index (χ1n) is 6.00. The second kappa shape index (κ2) is 6.41. The molecule has 0 fully saturated rings. The molecule has 0 bridgehead atoms. The van der Waals surface area contributed by atoms with Crippen molar-refractivity contribution >= 4 is 51.6 Å². The van der Waals surface area contributed by atoms with Crippen LogP contribution in [0.4, 0.5) is 5.82 Å². The highest BCUT2D eigenvalue weighted by atomic mass is 127. The molecule has 0 atom stereocenters. The Morgan fingerprint density at radius 3 is 2.50 bits per heavy atom. The minimum Gasteiger partial charge on any atom is -0.372 e. The summed E-state index contributed by atoms with van der Waals surface area (Å²) in [5.41, 5.74) is 1.50. The predicted octanol–water partition coefficient (Wildman–Crippen LogP) is 4.62. The van der Waals surface area contributed by atoms with Crippen LogP contribution in [0.3, 0.4) is 0 Å². The van der Waals surface area contributed by atoms with Crippen LogP contribution in [0, 0.1) is 3.57 Å². The van der Waals surface area contributed by atoms with E-state index < -0.39 is 0 Å². The highest BCUT2D eigenvalue weighted by molar-refractivity contribution is 14.1. The van der Waals surface area contributed by atoms with Crippen LogP contribution >= 0.6 is 45.8 Å². The zero-order valence-electron chi connectivity index (χ0n) is 11.2. The number of nitrogens with one attached hydrogen (secondary N) is 1. The molecule has 2 heterocycles. The number of hydrogen-bond donors (Lipinski definition) is 1. The second-order valence-corrected chi connectivity index (χ2v) is 6.41. The van der Waals surface area contributed by atoms with E-state index >= 15 is 0 Å². The molecule has 0 radical (unpaired) electrons. The van der Waals surface area contributed by atoms with Gasteiger partial charge in [-0.25, -0.2) is 15.0 Å². The lowest BCUT2D eigenvalue weighted by molar-refractivity contribution is 0.808. The van der Waals surface area contributed by atoms with Gasteiger partial charge in [0.1, 0.15) is 11.5 Å². The monoisotopic (exact) mass is 422 g/mol. The Labute approximate surface area is 141 Å². The summed E-state index contributed by atoms with van der Waals surface area (Å²) in [5, 5.41) is 4.00. The van der Waals surface area contributed by atoms with Crippen LogP contribution < -0.4 is 5.32 Å². The third kappa shape index (κ3) is 3.15. The number of halogens is 3. The lowest BCUT2D eigenvalue weighted by atomic mass is 10.1. The lowest BCUT2D eigenvalue weighted by Gasteiger charge is -2.13. The summed E-state index contributed by atoms with van der Waals surface area (Å²) in [4.78, 5) is 13.3. The van der Waals surface area contributed by atoms with Crippen LogP contribution in [-0.2, 0) is 0 Å². The topological polar surface area (TPSA) is 50.7 Å². The molecule has 0 spiro atoms. The van der Waals surface area contributed by atoms with Crippen molar-refractivity contribution in [3.63, 3.8) is 0 Å². The van der Waals surface area contributed by atoms with E-state index in [9.17, 15) is 0 Å². The molecule has 0 amide bonds. The van der Waals surface area contributed by atoms with Crippen LogP contribution in [0.1, 0.15) is 25.5 Å². The SMILES string of the molecule is CNc1nc(-c2ncc(Cl)cc2Cl)nc(C(C)C)c1I. The number of pyridine rings is 1. The van der Waals surface area contributed by atoms with Crippen LogP contribution in [0.5, 0.6) is 0 Å². The van der Waals surface area contributed by atoms with E-state index in [4.69, 9.17) is 23.2 Å². The highest BCUT2D eigenvalue weighted by Crippen LogP contribution is 2.30. The Kier molecular flexibility index (Phi) is 5.04. The average Bonchev–Trinajstić information content (AvgIpc) is 2.39. The second-order valence-electron chi connectivity index (χ2n) is 4.48. The van der Waals surface area contributed by atoms with Gasteiger partial charge in [0.15, 0.2) is 5.82 Å². The maximum Gasteiger partial charge on any atom is 0.182 e. The van der Waals surface area contributed by atoms with E-state index in [2.05, 4.69) is 56.7 Å². The Morgan fingerprint density at radius 1 is 1.25 bits per heavy atom. The fourth-order valence-electron chi connectivity index (χ4n) is 1.70. The number of aromatic nitrogens is 3. The van der Waals surface area contributed by atoms with Crippen molar-refractivity contribution in [1.82, 2.24) is 15.0 Å². The molecule has 0 saturated heterocycles. The van der Waals surface area contributed by atoms with Gasteiger partial charge in [-0.2, -0.15) is 0 Å². The minimum atomic E-state index is 0.279. The van der Waals surface area contributed by atoms with E-state index in [1.807, 2.05) is 7.05 Å². The molecular formula is C13H13Cl2IN4. The smallest absolute Gasteiger partial charge is 0.182 e. The van der Waals surface area contributed by atoms with Crippen molar-refractivity contribution < 1.29 is 0 Å². The summed E-state index contributed by atoms with van der Waals surface area (Å²) >= 11 is 14.3. The van der Waals surface area contributed by atoms with Crippen LogP contribution in [0.2, 0.25) is 10.0 Å². The third-order valence-electron chi connectivity index (χ3n) is 2.68. The molecular weight excluding hydrogens is 410 g/mol. The van der Waals surface area contributed by atoms with Gasteiger partial charge in [-0.15, -0.1) is 0 Å². The van der Waals surface area contributed by atoms with Crippen LogP contribution in [-0.4, -0.2) is 22.0 Å². The van der Waals surface area contributed by atoms with Gasteiger partial charge < -0.3 is 5.32 Å².